The molecule has 0 atom stereocenters. The van der Waals surface area contributed by atoms with E-state index in [2.05, 4.69) is 0 Å². The van der Waals surface area contributed by atoms with Crippen molar-refractivity contribution in [2.45, 2.75) is 52.3 Å². The van der Waals surface area contributed by atoms with Crippen molar-refractivity contribution in [2.75, 3.05) is 6.61 Å². The maximum Gasteiger partial charge on any atom is 0.306 e. The van der Waals surface area contributed by atoms with E-state index in [1.807, 2.05) is 18.2 Å². The normalized spacial score (nSPS) is 13.7. The Morgan fingerprint density at radius 2 is 1.75 bits per heavy atom. The van der Waals surface area contributed by atoms with E-state index in [1.165, 1.54) is 0 Å². The van der Waals surface area contributed by atoms with E-state index < -0.39 is 5.60 Å². The summed E-state index contributed by atoms with van der Waals surface area (Å²) in [4.78, 5) is 26.4. The molecule has 7 heteroatoms. The van der Waals surface area contributed by atoms with Crippen LogP contribution in [0.4, 0.5) is 4.39 Å². The Morgan fingerprint density at radius 3 is 2.41 bits per heavy atom. The van der Waals surface area contributed by atoms with Crippen molar-refractivity contribution in [3.63, 3.8) is 0 Å². The fraction of sp³-hybridized carbons (Fsp3) is 0.360. The van der Waals surface area contributed by atoms with Crippen molar-refractivity contribution in [1.82, 2.24) is 4.90 Å². The van der Waals surface area contributed by atoms with Crippen molar-refractivity contribution in [3.05, 3.63) is 76.1 Å². The highest BCUT2D eigenvalue weighted by atomic mass is 35.5. The van der Waals surface area contributed by atoms with Crippen molar-refractivity contribution in [2.24, 2.45) is 0 Å². The molecule has 0 N–H and O–H groups in total. The van der Waals surface area contributed by atoms with E-state index in [0.717, 1.165) is 11.1 Å². The molecule has 1 heterocycles. The Bertz CT molecular complexity index is 1010. The molecular weight excluding hydrogens is 433 g/mol. The van der Waals surface area contributed by atoms with Crippen LogP contribution in [0.3, 0.4) is 0 Å². The molecule has 5 nitrogen and oxygen atoms in total. The van der Waals surface area contributed by atoms with Crippen molar-refractivity contribution in [3.8, 4) is 5.75 Å². The summed E-state index contributed by atoms with van der Waals surface area (Å²) in [6, 6.07) is 12.4. The van der Waals surface area contributed by atoms with Gasteiger partial charge in [-0.05, 0) is 80.3 Å². The predicted octanol–water partition coefficient (Wildman–Crippen LogP) is 5.85. The minimum absolute atomic E-state index is 0.00872. The van der Waals surface area contributed by atoms with Crippen LogP contribution in [-0.2, 0) is 22.6 Å². The second-order valence-corrected chi connectivity index (χ2v) is 9.18. The predicted molar refractivity (Wildman–Crippen MR) is 121 cm³/mol. The Kier molecular flexibility index (Phi) is 7.56. The SMILES string of the molecule is CC(C)(C)OC(=O)CCC(=CF)COc1ccc(C(=O)N2Cc3ccc(Cl)cc3C2)cc1. The topological polar surface area (TPSA) is 55.8 Å². The standard InChI is InChI=1S/C25H27ClFNO4/c1-25(2,3)32-23(29)11-4-17(13-27)16-31-22-9-6-18(7-10-22)24(30)28-14-19-5-8-21(26)12-20(19)15-28/h5-10,12-13H,4,11,14-16H2,1-3H3. The van der Waals surface area contributed by atoms with Crippen LogP contribution in [0, 0.1) is 0 Å². The lowest BCUT2D eigenvalue weighted by Gasteiger charge is -2.19. The second kappa shape index (κ2) is 10.2. The first-order chi connectivity index (χ1) is 15.1. The summed E-state index contributed by atoms with van der Waals surface area (Å²) in [6.07, 6.45) is 0.744. The minimum Gasteiger partial charge on any atom is -0.489 e. The number of amides is 1. The van der Waals surface area contributed by atoms with Crippen LogP contribution in [-0.4, -0.2) is 29.0 Å². The van der Waals surface area contributed by atoms with Gasteiger partial charge in [-0.2, -0.15) is 0 Å². The largest absolute Gasteiger partial charge is 0.489 e. The van der Waals surface area contributed by atoms with E-state index in [4.69, 9.17) is 21.1 Å². The number of carbonyl (C=O) groups is 2. The molecule has 0 bridgehead atoms. The zero-order valence-corrected chi connectivity index (χ0v) is 19.2. The van der Waals surface area contributed by atoms with Gasteiger partial charge < -0.3 is 14.4 Å². The molecule has 170 valence electrons. The van der Waals surface area contributed by atoms with E-state index in [1.54, 1.807) is 49.9 Å². The lowest BCUT2D eigenvalue weighted by atomic mass is 10.1. The number of rotatable bonds is 7. The van der Waals surface area contributed by atoms with Gasteiger partial charge >= 0.3 is 5.97 Å². The van der Waals surface area contributed by atoms with Crippen LogP contribution < -0.4 is 4.74 Å². The molecule has 32 heavy (non-hydrogen) atoms. The van der Waals surface area contributed by atoms with Crippen LogP contribution >= 0.6 is 11.6 Å². The minimum atomic E-state index is -0.572. The van der Waals surface area contributed by atoms with E-state index >= 15 is 0 Å². The third-order valence-corrected chi connectivity index (χ3v) is 5.16. The van der Waals surface area contributed by atoms with Gasteiger partial charge in [0, 0.05) is 30.1 Å². The molecule has 0 spiro atoms. The first kappa shape index (κ1) is 23.8. The Balaban J connectivity index is 1.50. The number of halogens is 2. The molecule has 0 saturated carbocycles. The van der Waals surface area contributed by atoms with Gasteiger partial charge in [-0.3, -0.25) is 9.59 Å². The average Bonchev–Trinajstić information content (AvgIpc) is 3.15. The third-order valence-electron chi connectivity index (χ3n) is 4.93. The number of fused-ring (bicyclic) bond motifs is 1. The first-order valence-corrected chi connectivity index (χ1v) is 10.8. The Labute approximate surface area is 192 Å². The highest BCUT2D eigenvalue weighted by Crippen LogP contribution is 2.27. The molecule has 3 rings (SSSR count). The van der Waals surface area contributed by atoms with Gasteiger partial charge in [0.2, 0.25) is 0 Å². The zero-order chi connectivity index (χ0) is 23.3. The van der Waals surface area contributed by atoms with E-state index in [0.29, 0.717) is 41.3 Å². The van der Waals surface area contributed by atoms with Gasteiger partial charge in [-0.1, -0.05) is 17.7 Å². The Morgan fingerprint density at radius 1 is 1.06 bits per heavy atom. The number of hydrogen-bond acceptors (Lipinski definition) is 4. The molecule has 2 aromatic rings. The summed E-state index contributed by atoms with van der Waals surface area (Å²) in [5, 5.41) is 0.660. The van der Waals surface area contributed by atoms with Crippen LogP contribution in [0.2, 0.25) is 5.02 Å². The van der Waals surface area contributed by atoms with E-state index in [-0.39, 0.29) is 31.3 Å². The van der Waals surface area contributed by atoms with Crippen LogP contribution in [0.1, 0.15) is 55.1 Å². The lowest BCUT2D eigenvalue weighted by Crippen LogP contribution is -2.25. The van der Waals surface area contributed by atoms with Gasteiger partial charge in [0.1, 0.15) is 18.0 Å². The first-order valence-electron chi connectivity index (χ1n) is 10.4. The number of carbonyl (C=O) groups excluding carboxylic acids is 2. The lowest BCUT2D eigenvalue weighted by molar-refractivity contribution is -0.154. The second-order valence-electron chi connectivity index (χ2n) is 8.74. The Hall–Kier alpha value is -2.86. The van der Waals surface area contributed by atoms with Gasteiger partial charge in [0.05, 0.1) is 6.33 Å². The number of ether oxygens (including phenoxy) is 2. The third kappa shape index (κ3) is 6.57. The summed E-state index contributed by atoms with van der Waals surface area (Å²) < 4.78 is 24.0. The molecule has 2 aromatic carbocycles. The number of benzene rings is 2. The van der Waals surface area contributed by atoms with Crippen LogP contribution in [0.25, 0.3) is 0 Å². The molecule has 1 amide bonds. The molecule has 0 unspecified atom stereocenters. The monoisotopic (exact) mass is 459 g/mol. The molecular formula is C25H27ClFNO4. The van der Waals surface area contributed by atoms with Crippen LogP contribution in [0.15, 0.2) is 54.4 Å². The average molecular weight is 460 g/mol. The summed E-state index contributed by atoms with van der Waals surface area (Å²) in [6.45, 7) is 6.43. The summed E-state index contributed by atoms with van der Waals surface area (Å²) in [7, 11) is 0. The molecule has 0 radical (unpaired) electrons. The fourth-order valence-corrected chi connectivity index (χ4v) is 3.57. The van der Waals surface area contributed by atoms with Gasteiger partial charge in [0.25, 0.3) is 5.91 Å². The summed E-state index contributed by atoms with van der Waals surface area (Å²) in [5.74, 6) is 0.0475. The molecule has 1 aliphatic heterocycles. The highest BCUT2D eigenvalue weighted by molar-refractivity contribution is 6.30. The summed E-state index contributed by atoms with van der Waals surface area (Å²) in [5.41, 5.74) is 2.48. The molecule has 0 aliphatic carbocycles. The van der Waals surface area contributed by atoms with Gasteiger partial charge in [-0.15, -0.1) is 0 Å². The van der Waals surface area contributed by atoms with Gasteiger partial charge in [-0.25, -0.2) is 4.39 Å². The quantitative estimate of drug-likeness (QED) is 0.487. The smallest absolute Gasteiger partial charge is 0.306 e. The van der Waals surface area contributed by atoms with Crippen molar-refractivity contribution < 1.29 is 23.5 Å². The number of hydrogen-bond donors (Lipinski definition) is 0. The number of nitrogens with zero attached hydrogens (tertiary/aromatic N) is 1. The molecule has 0 saturated heterocycles. The summed E-state index contributed by atoms with van der Waals surface area (Å²) >= 11 is 6.04. The maximum absolute atomic E-state index is 13.2. The molecule has 0 fully saturated rings. The van der Waals surface area contributed by atoms with E-state index in [9.17, 15) is 14.0 Å². The van der Waals surface area contributed by atoms with Crippen LogP contribution in [0.5, 0.6) is 5.75 Å². The molecule has 1 aliphatic rings. The van der Waals surface area contributed by atoms with Crippen molar-refractivity contribution in [1.29, 1.82) is 0 Å². The van der Waals surface area contributed by atoms with Crippen molar-refractivity contribution >= 4 is 23.5 Å². The highest BCUT2D eigenvalue weighted by Gasteiger charge is 2.24. The zero-order valence-electron chi connectivity index (χ0n) is 18.5. The molecule has 0 aromatic heterocycles. The van der Waals surface area contributed by atoms with Gasteiger partial charge in [0.15, 0.2) is 0 Å². The fourth-order valence-electron chi connectivity index (χ4n) is 3.37. The maximum atomic E-state index is 13.2. The number of esters is 1.